The van der Waals surface area contributed by atoms with Crippen LogP contribution >= 0.6 is 31.9 Å². The second kappa shape index (κ2) is 5.29. The van der Waals surface area contributed by atoms with Crippen LogP contribution < -0.4 is 5.73 Å². The molecule has 4 heteroatoms. The van der Waals surface area contributed by atoms with Gasteiger partial charge in [-0.3, -0.25) is 0 Å². The average Bonchev–Trinajstić information content (AvgIpc) is 2.31. The van der Waals surface area contributed by atoms with Crippen molar-refractivity contribution < 1.29 is 4.39 Å². The van der Waals surface area contributed by atoms with Crippen LogP contribution in [0.1, 0.15) is 17.2 Å². The van der Waals surface area contributed by atoms with Gasteiger partial charge in [0.15, 0.2) is 0 Å². The first-order valence-corrected chi connectivity index (χ1v) is 6.62. The molecule has 0 aromatic heterocycles. The van der Waals surface area contributed by atoms with Crippen LogP contribution in [0.3, 0.4) is 0 Å². The number of benzene rings is 2. The Morgan fingerprint density at radius 3 is 2.53 bits per heavy atom. The second-order valence-electron chi connectivity index (χ2n) is 3.70. The van der Waals surface area contributed by atoms with Crippen LogP contribution in [0.5, 0.6) is 0 Å². The molecule has 1 atom stereocenters. The Hall–Kier alpha value is -0.710. The number of hydrogen-bond acceptors (Lipinski definition) is 1. The van der Waals surface area contributed by atoms with E-state index in [4.69, 9.17) is 5.73 Å². The van der Waals surface area contributed by atoms with Crippen molar-refractivity contribution in [2.75, 3.05) is 0 Å². The Labute approximate surface area is 116 Å². The molecule has 0 aliphatic carbocycles. The number of halogens is 3. The lowest BCUT2D eigenvalue weighted by Crippen LogP contribution is -2.12. The van der Waals surface area contributed by atoms with E-state index in [2.05, 4.69) is 31.9 Å². The highest BCUT2D eigenvalue weighted by Gasteiger charge is 2.13. The average molecular weight is 359 g/mol. The lowest BCUT2D eigenvalue weighted by atomic mass is 10.00. The van der Waals surface area contributed by atoms with Crippen molar-refractivity contribution in [3.8, 4) is 0 Å². The first-order chi connectivity index (χ1) is 8.08. The van der Waals surface area contributed by atoms with E-state index in [0.717, 1.165) is 20.1 Å². The largest absolute Gasteiger partial charge is 0.320 e. The van der Waals surface area contributed by atoms with Crippen LogP contribution in [0.15, 0.2) is 51.4 Å². The van der Waals surface area contributed by atoms with Gasteiger partial charge in [0.05, 0.1) is 6.04 Å². The fourth-order valence-electron chi connectivity index (χ4n) is 1.63. The molecule has 0 amide bonds. The molecule has 0 aliphatic heterocycles. The summed E-state index contributed by atoms with van der Waals surface area (Å²) in [6.07, 6.45) is 0. The van der Waals surface area contributed by atoms with Crippen molar-refractivity contribution in [3.63, 3.8) is 0 Å². The SMILES string of the molecule is NC(c1cccc(F)c1)c1cc(Br)ccc1Br. The fraction of sp³-hybridized carbons (Fsp3) is 0.0769. The van der Waals surface area contributed by atoms with Crippen LogP contribution in [0.25, 0.3) is 0 Å². The summed E-state index contributed by atoms with van der Waals surface area (Å²) in [4.78, 5) is 0. The summed E-state index contributed by atoms with van der Waals surface area (Å²) in [5.41, 5.74) is 7.81. The third kappa shape index (κ3) is 2.94. The van der Waals surface area contributed by atoms with Crippen LogP contribution in [0.2, 0.25) is 0 Å². The molecule has 0 radical (unpaired) electrons. The first kappa shape index (κ1) is 12.7. The van der Waals surface area contributed by atoms with E-state index in [-0.39, 0.29) is 11.9 Å². The molecule has 1 unspecified atom stereocenters. The third-order valence-corrected chi connectivity index (χ3v) is 3.72. The van der Waals surface area contributed by atoms with E-state index in [1.54, 1.807) is 6.07 Å². The molecule has 0 spiro atoms. The zero-order chi connectivity index (χ0) is 12.4. The monoisotopic (exact) mass is 357 g/mol. The third-order valence-electron chi connectivity index (χ3n) is 2.50. The minimum Gasteiger partial charge on any atom is -0.320 e. The van der Waals surface area contributed by atoms with Crippen molar-refractivity contribution in [3.05, 3.63) is 68.4 Å². The fourth-order valence-corrected chi connectivity index (χ4v) is 2.50. The highest BCUT2D eigenvalue weighted by Crippen LogP contribution is 2.29. The van der Waals surface area contributed by atoms with Gasteiger partial charge < -0.3 is 5.73 Å². The van der Waals surface area contributed by atoms with E-state index in [0.29, 0.717) is 0 Å². The maximum atomic E-state index is 13.1. The molecule has 17 heavy (non-hydrogen) atoms. The predicted octanol–water partition coefficient (Wildman–Crippen LogP) is 4.40. The molecule has 2 aromatic carbocycles. The van der Waals surface area contributed by atoms with Crippen LogP contribution in [-0.2, 0) is 0 Å². The van der Waals surface area contributed by atoms with Gasteiger partial charge in [-0.15, -0.1) is 0 Å². The minimum atomic E-state index is -0.349. The van der Waals surface area contributed by atoms with Crippen LogP contribution in [0.4, 0.5) is 4.39 Å². The van der Waals surface area contributed by atoms with E-state index >= 15 is 0 Å². The standard InChI is InChI=1S/C13H10Br2FN/c14-9-4-5-12(15)11(7-9)13(17)8-2-1-3-10(16)6-8/h1-7,13H,17H2. The summed E-state index contributed by atoms with van der Waals surface area (Å²) in [6, 6.07) is 11.8. The summed E-state index contributed by atoms with van der Waals surface area (Å²) < 4.78 is 15.0. The number of hydrogen-bond donors (Lipinski definition) is 1. The maximum absolute atomic E-state index is 13.1. The van der Waals surface area contributed by atoms with Crippen molar-refractivity contribution in [2.24, 2.45) is 5.73 Å². The van der Waals surface area contributed by atoms with E-state index in [9.17, 15) is 4.39 Å². The lowest BCUT2D eigenvalue weighted by Gasteiger charge is -2.15. The molecule has 2 rings (SSSR count). The molecule has 2 aromatic rings. The van der Waals surface area contributed by atoms with E-state index in [1.165, 1.54) is 12.1 Å². The van der Waals surface area contributed by atoms with Crippen molar-refractivity contribution in [1.82, 2.24) is 0 Å². The molecule has 0 fully saturated rings. The topological polar surface area (TPSA) is 26.0 Å². The Bertz CT molecular complexity index is 543. The second-order valence-corrected chi connectivity index (χ2v) is 5.47. The summed E-state index contributed by atoms with van der Waals surface area (Å²) in [5.74, 6) is -0.274. The zero-order valence-corrected chi connectivity index (χ0v) is 12.0. The molecule has 1 nitrogen and oxygen atoms in total. The molecule has 88 valence electrons. The van der Waals surface area contributed by atoms with Crippen molar-refractivity contribution in [2.45, 2.75) is 6.04 Å². The maximum Gasteiger partial charge on any atom is 0.123 e. The van der Waals surface area contributed by atoms with Gasteiger partial charge in [0, 0.05) is 8.95 Å². The van der Waals surface area contributed by atoms with Gasteiger partial charge in [0.25, 0.3) is 0 Å². The van der Waals surface area contributed by atoms with Gasteiger partial charge in [-0.05, 0) is 41.5 Å². The van der Waals surface area contributed by atoms with E-state index < -0.39 is 0 Å². The molecule has 2 N–H and O–H groups in total. The Morgan fingerprint density at radius 1 is 1.06 bits per heavy atom. The Kier molecular flexibility index (Phi) is 3.97. The minimum absolute atomic E-state index is 0.274. The molecular weight excluding hydrogens is 349 g/mol. The van der Waals surface area contributed by atoms with E-state index in [1.807, 2.05) is 24.3 Å². The van der Waals surface area contributed by atoms with Crippen LogP contribution in [0, 0.1) is 5.82 Å². The highest BCUT2D eigenvalue weighted by molar-refractivity contribution is 9.11. The quantitative estimate of drug-likeness (QED) is 0.845. The summed E-state index contributed by atoms with van der Waals surface area (Å²) in [5, 5.41) is 0. The number of nitrogens with two attached hydrogens (primary N) is 1. The lowest BCUT2D eigenvalue weighted by molar-refractivity contribution is 0.623. The van der Waals surface area contributed by atoms with Gasteiger partial charge in [0.2, 0.25) is 0 Å². The molecular formula is C13H10Br2FN. The summed E-state index contributed by atoms with van der Waals surface area (Å²) in [6.45, 7) is 0. The summed E-state index contributed by atoms with van der Waals surface area (Å²) >= 11 is 6.85. The molecule has 0 heterocycles. The number of rotatable bonds is 2. The van der Waals surface area contributed by atoms with Gasteiger partial charge in [-0.1, -0.05) is 44.0 Å². The van der Waals surface area contributed by atoms with Crippen molar-refractivity contribution in [1.29, 1.82) is 0 Å². The zero-order valence-electron chi connectivity index (χ0n) is 8.83. The first-order valence-electron chi connectivity index (χ1n) is 5.04. The summed E-state index contributed by atoms with van der Waals surface area (Å²) in [7, 11) is 0. The van der Waals surface area contributed by atoms with Gasteiger partial charge >= 0.3 is 0 Å². The smallest absolute Gasteiger partial charge is 0.123 e. The normalized spacial score (nSPS) is 12.5. The molecule has 0 aliphatic rings. The van der Waals surface area contributed by atoms with Crippen LogP contribution in [-0.4, -0.2) is 0 Å². The molecule has 0 saturated carbocycles. The Balaban J connectivity index is 2.43. The van der Waals surface area contributed by atoms with Gasteiger partial charge in [-0.2, -0.15) is 0 Å². The molecule has 0 saturated heterocycles. The predicted molar refractivity (Wildman–Crippen MR) is 74.3 cm³/mol. The van der Waals surface area contributed by atoms with Gasteiger partial charge in [-0.25, -0.2) is 4.39 Å². The van der Waals surface area contributed by atoms with Gasteiger partial charge in [0.1, 0.15) is 5.82 Å². The Morgan fingerprint density at radius 2 is 1.82 bits per heavy atom. The molecule has 0 bridgehead atoms. The highest BCUT2D eigenvalue weighted by atomic mass is 79.9. The van der Waals surface area contributed by atoms with Crippen molar-refractivity contribution >= 4 is 31.9 Å².